The van der Waals surface area contributed by atoms with Gasteiger partial charge in [0.15, 0.2) is 0 Å². The molecule has 0 heterocycles. The van der Waals surface area contributed by atoms with Gasteiger partial charge in [-0.25, -0.2) is 0 Å². The number of allylic oxidation sites excluding steroid dienone is 2. The van der Waals surface area contributed by atoms with Gasteiger partial charge in [-0.05, 0) is 51.4 Å². The zero-order valence-corrected chi connectivity index (χ0v) is 58.8. The molecule has 0 spiro atoms. The summed E-state index contributed by atoms with van der Waals surface area (Å²) in [6.07, 6.45) is 95.9. The molecular weight excluding hydrogens is 1050 g/mol. The zero-order valence-electron chi connectivity index (χ0n) is 58.8. The van der Waals surface area contributed by atoms with E-state index in [1.54, 1.807) is 0 Å². The summed E-state index contributed by atoms with van der Waals surface area (Å²) in [7, 11) is 0. The van der Waals surface area contributed by atoms with Crippen LogP contribution >= 0.6 is 0 Å². The van der Waals surface area contributed by atoms with E-state index in [0.717, 1.165) is 44.9 Å². The van der Waals surface area contributed by atoms with Gasteiger partial charge in [0, 0.05) is 12.8 Å². The van der Waals surface area contributed by atoms with Crippen LogP contribution in [0.2, 0.25) is 0 Å². The number of ether oxygens (including phenoxy) is 1. The molecule has 1 amide bonds. The number of amides is 1. The molecule has 3 N–H and O–H groups in total. The van der Waals surface area contributed by atoms with Crippen LogP contribution in [0.1, 0.15) is 463 Å². The summed E-state index contributed by atoms with van der Waals surface area (Å²) >= 11 is 0. The predicted molar refractivity (Wildman–Crippen MR) is 380 cm³/mol. The molecule has 2 atom stereocenters. The van der Waals surface area contributed by atoms with E-state index in [1.165, 1.54) is 385 Å². The van der Waals surface area contributed by atoms with E-state index < -0.39 is 12.1 Å². The van der Waals surface area contributed by atoms with E-state index in [4.69, 9.17) is 4.74 Å². The second kappa shape index (κ2) is 76.1. The molecule has 0 aromatic rings. The third kappa shape index (κ3) is 71.7. The van der Waals surface area contributed by atoms with Gasteiger partial charge in [-0.3, -0.25) is 9.59 Å². The fraction of sp³-hybridized carbons (Fsp3) is 0.950. The first kappa shape index (κ1) is 84.6. The molecule has 0 bridgehead atoms. The number of rotatable bonds is 76. The SMILES string of the molecule is CCCCCC/C=C\CCCCCCCC(=O)OCCCCCCCCCCCCCCCCCCCCCCCCCCCCCCCCCC(=O)NC(CO)C(O)CCCCCCCCCCCCCCCCCCCCCCCCCCC. The maximum absolute atomic E-state index is 12.6. The summed E-state index contributed by atoms with van der Waals surface area (Å²) in [4.78, 5) is 24.6. The lowest BCUT2D eigenvalue weighted by Gasteiger charge is -2.22. The van der Waals surface area contributed by atoms with E-state index in [0.29, 0.717) is 25.9 Å². The minimum atomic E-state index is -0.662. The predicted octanol–water partition coefficient (Wildman–Crippen LogP) is 26.3. The lowest BCUT2D eigenvalue weighted by Crippen LogP contribution is -2.45. The van der Waals surface area contributed by atoms with Crippen LogP contribution in [0.4, 0.5) is 0 Å². The summed E-state index contributed by atoms with van der Waals surface area (Å²) < 4.78 is 5.49. The normalized spacial score (nSPS) is 12.5. The lowest BCUT2D eigenvalue weighted by atomic mass is 10.0. The van der Waals surface area contributed by atoms with Crippen LogP contribution in [0.15, 0.2) is 12.2 Å². The van der Waals surface area contributed by atoms with Crippen LogP contribution in [0.3, 0.4) is 0 Å². The van der Waals surface area contributed by atoms with Crippen molar-refractivity contribution in [2.75, 3.05) is 13.2 Å². The van der Waals surface area contributed by atoms with Crippen molar-refractivity contribution < 1.29 is 24.5 Å². The maximum Gasteiger partial charge on any atom is 0.305 e. The summed E-state index contributed by atoms with van der Waals surface area (Å²) in [5, 5.41) is 23.5. The fourth-order valence-electron chi connectivity index (χ4n) is 13.0. The molecular formula is C80H157NO5. The molecule has 6 nitrogen and oxygen atoms in total. The second-order valence-corrected chi connectivity index (χ2v) is 27.8. The Morgan fingerprint density at radius 1 is 0.314 bits per heavy atom. The smallest absolute Gasteiger partial charge is 0.305 e. The highest BCUT2D eigenvalue weighted by Crippen LogP contribution is 2.20. The average molecular weight is 1210 g/mol. The number of hydrogen-bond acceptors (Lipinski definition) is 5. The summed E-state index contributed by atoms with van der Waals surface area (Å²) in [6.45, 7) is 4.99. The molecule has 2 unspecified atom stereocenters. The Bertz CT molecular complexity index is 1300. The van der Waals surface area contributed by atoms with Crippen LogP contribution in [0.5, 0.6) is 0 Å². The Morgan fingerprint density at radius 3 is 0.837 bits per heavy atom. The molecule has 0 aliphatic carbocycles. The van der Waals surface area contributed by atoms with Gasteiger partial charge >= 0.3 is 5.97 Å². The van der Waals surface area contributed by atoms with Gasteiger partial charge < -0.3 is 20.3 Å². The Balaban J connectivity index is 3.33. The van der Waals surface area contributed by atoms with E-state index in [-0.39, 0.29) is 18.5 Å². The van der Waals surface area contributed by atoms with Crippen molar-refractivity contribution in [1.82, 2.24) is 5.32 Å². The van der Waals surface area contributed by atoms with E-state index in [9.17, 15) is 19.8 Å². The Hall–Kier alpha value is -1.40. The minimum Gasteiger partial charge on any atom is -0.466 e. The molecule has 0 radical (unpaired) electrons. The van der Waals surface area contributed by atoms with Gasteiger partial charge in [0.25, 0.3) is 0 Å². The number of unbranched alkanes of at least 4 members (excludes halogenated alkanes) is 63. The summed E-state index contributed by atoms with van der Waals surface area (Å²) in [6, 6.07) is -0.539. The molecule has 0 fully saturated rings. The van der Waals surface area contributed by atoms with Crippen molar-refractivity contribution in [3.8, 4) is 0 Å². The number of nitrogens with one attached hydrogen (secondary N) is 1. The molecule has 0 aliphatic heterocycles. The van der Waals surface area contributed by atoms with Crippen molar-refractivity contribution >= 4 is 11.9 Å². The van der Waals surface area contributed by atoms with Gasteiger partial charge in [0.05, 0.1) is 25.4 Å². The van der Waals surface area contributed by atoms with Crippen LogP contribution in [0, 0.1) is 0 Å². The number of hydrogen-bond donors (Lipinski definition) is 3. The van der Waals surface area contributed by atoms with Gasteiger partial charge in [0.2, 0.25) is 5.91 Å². The van der Waals surface area contributed by atoms with Crippen molar-refractivity contribution in [3.05, 3.63) is 12.2 Å². The van der Waals surface area contributed by atoms with E-state index in [1.807, 2.05) is 0 Å². The standard InChI is InChI=1S/C80H157NO5/c1-3-5-7-9-11-13-15-17-18-19-20-21-22-30-33-36-39-42-45-49-52-56-60-64-68-72-78(83)77(76-82)81-79(84)73-69-65-61-57-53-50-46-43-40-37-34-31-28-26-24-23-25-27-29-32-35-38-41-44-47-51-55-59-63-67-71-75-86-80(85)74-70-66-62-58-54-48-16-14-12-10-8-6-4-2/h14,16,77-78,82-83H,3-13,15,17-76H2,1-2H3,(H,81,84)/b16-14-. The Labute approximate surface area is 539 Å². The molecule has 512 valence electrons. The summed E-state index contributed by atoms with van der Waals surface area (Å²) in [5.74, 6) is -0.0118. The third-order valence-corrected chi connectivity index (χ3v) is 19.1. The van der Waals surface area contributed by atoms with Crippen LogP contribution in [-0.4, -0.2) is 47.4 Å². The largest absolute Gasteiger partial charge is 0.466 e. The quantitative estimate of drug-likeness (QED) is 0.0320. The fourth-order valence-corrected chi connectivity index (χ4v) is 13.0. The first-order chi connectivity index (χ1) is 42.5. The van der Waals surface area contributed by atoms with E-state index >= 15 is 0 Å². The van der Waals surface area contributed by atoms with Gasteiger partial charge in [-0.1, -0.05) is 411 Å². The van der Waals surface area contributed by atoms with Crippen molar-refractivity contribution in [2.24, 2.45) is 0 Å². The number of carbonyl (C=O) groups is 2. The maximum atomic E-state index is 12.6. The molecule has 0 aromatic carbocycles. The molecule has 0 aliphatic rings. The Morgan fingerprint density at radius 2 is 0.547 bits per heavy atom. The number of carbonyl (C=O) groups excluding carboxylic acids is 2. The monoisotopic (exact) mass is 1210 g/mol. The zero-order chi connectivity index (χ0) is 62.0. The average Bonchev–Trinajstić information content (AvgIpc) is 3.55. The van der Waals surface area contributed by atoms with Crippen LogP contribution < -0.4 is 5.32 Å². The lowest BCUT2D eigenvalue weighted by molar-refractivity contribution is -0.143. The third-order valence-electron chi connectivity index (χ3n) is 19.1. The Kier molecular flexibility index (Phi) is 74.8. The van der Waals surface area contributed by atoms with Crippen LogP contribution in [0.25, 0.3) is 0 Å². The highest BCUT2D eigenvalue weighted by molar-refractivity contribution is 5.76. The number of aliphatic hydroxyl groups is 2. The molecule has 6 heteroatoms. The van der Waals surface area contributed by atoms with Gasteiger partial charge in [0.1, 0.15) is 0 Å². The van der Waals surface area contributed by atoms with Crippen molar-refractivity contribution in [1.29, 1.82) is 0 Å². The molecule has 0 rings (SSSR count). The minimum absolute atomic E-state index is 0.0126. The van der Waals surface area contributed by atoms with E-state index in [2.05, 4.69) is 31.3 Å². The van der Waals surface area contributed by atoms with Gasteiger partial charge in [-0.15, -0.1) is 0 Å². The molecule has 0 saturated carbocycles. The van der Waals surface area contributed by atoms with Crippen LogP contribution in [-0.2, 0) is 14.3 Å². The second-order valence-electron chi connectivity index (χ2n) is 27.8. The molecule has 86 heavy (non-hydrogen) atoms. The summed E-state index contributed by atoms with van der Waals surface area (Å²) in [5.41, 5.74) is 0. The first-order valence-corrected chi connectivity index (χ1v) is 39.9. The first-order valence-electron chi connectivity index (χ1n) is 39.9. The van der Waals surface area contributed by atoms with Gasteiger partial charge in [-0.2, -0.15) is 0 Å². The van der Waals surface area contributed by atoms with Crippen molar-refractivity contribution in [2.45, 2.75) is 475 Å². The van der Waals surface area contributed by atoms with Crippen molar-refractivity contribution in [3.63, 3.8) is 0 Å². The number of esters is 1. The number of aliphatic hydroxyl groups excluding tert-OH is 2. The molecule has 0 saturated heterocycles. The topological polar surface area (TPSA) is 95.9 Å². The molecule has 0 aromatic heterocycles. The highest BCUT2D eigenvalue weighted by atomic mass is 16.5. The highest BCUT2D eigenvalue weighted by Gasteiger charge is 2.20.